The van der Waals surface area contributed by atoms with Gasteiger partial charge in [-0.25, -0.2) is 4.98 Å². The van der Waals surface area contributed by atoms with E-state index in [4.69, 9.17) is 21.1 Å². The number of hydrogen-bond acceptors (Lipinski definition) is 5. The van der Waals surface area contributed by atoms with Gasteiger partial charge >= 0.3 is 0 Å². The summed E-state index contributed by atoms with van der Waals surface area (Å²) in [7, 11) is 0. The highest BCUT2D eigenvalue weighted by Crippen LogP contribution is 2.22. The molecule has 2 aliphatic heterocycles. The molecule has 2 fully saturated rings. The van der Waals surface area contributed by atoms with Gasteiger partial charge in [-0.1, -0.05) is 17.7 Å². The van der Waals surface area contributed by atoms with Gasteiger partial charge in [0.05, 0.1) is 13.2 Å². The van der Waals surface area contributed by atoms with Gasteiger partial charge in [0.1, 0.15) is 23.4 Å². The third-order valence-corrected chi connectivity index (χ3v) is 5.39. The SMILES string of the molecule is O=C(c1cccc(N2CCOCC2)n1)N1CCC(Oc2ccc(Cl)cc2)CC1. The largest absolute Gasteiger partial charge is 0.490 e. The second-order valence-corrected chi connectivity index (χ2v) is 7.48. The zero-order chi connectivity index (χ0) is 19.3. The van der Waals surface area contributed by atoms with E-state index in [2.05, 4.69) is 9.88 Å². The highest BCUT2D eigenvalue weighted by atomic mass is 35.5. The molecule has 3 heterocycles. The first-order valence-corrected chi connectivity index (χ1v) is 10.1. The number of halogens is 1. The highest BCUT2D eigenvalue weighted by molar-refractivity contribution is 6.30. The maximum absolute atomic E-state index is 12.9. The van der Waals surface area contributed by atoms with E-state index in [0.717, 1.165) is 37.5 Å². The lowest BCUT2D eigenvalue weighted by Crippen LogP contribution is -2.42. The first-order valence-electron chi connectivity index (χ1n) is 9.70. The average molecular weight is 402 g/mol. The Morgan fingerprint density at radius 3 is 2.46 bits per heavy atom. The zero-order valence-corrected chi connectivity index (χ0v) is 16.5. The monoisotopic (exact) mass is 401 g/mol. The Balaban J connectivity index is 1.34. The van der Waals surface area contributed by atoms with Gasteiger partial charge in [-0.3, -0.25) is 4.79 Å². The van der Waals surface area contributed by atoms with Crippen molar-refractivity contribution in [2.75, 3.05) is 44.3 Å². The summed E-state index contributed by atoms with van der Waals surface area (Å²) in [6.45, 7) is 4.33. The summed E-state index contributed by atoms with van der Waals surface area (Å²) in [5, 5.41) is 0.694. The van der Waals surface area contributed by atoms with Crippen LogP contribution in [0.4, 0.5) is 5.82 Å². The van der Waals surface area contributed by atoms with E-state index in [9.17, 15) is 4.79 Å². The van der Waals surface area contributed by atoms with Crippen LogP contribution in [0.3, 0.4) is 0 Å². The number of rotatable bonds is 4. The number of likely N-dealkylation sites (tertiary alicyclic amines) is 1. The lowest BCUT2D eigenvalue weighted by molar-refractivity contribution is 0.0590. The number of hydrogen-bond donors (Lipinski definition) is 0. The molecule has 0 N–H and O–H groups in total. The Morgan fingerprint density at radius 2 is 1.75 bits per heavy atom. The molecule has 1 amide bonds. The Hall–Kier alpha value is -2.31. The molecular weight excluding hydrogens is 378 g/mol. The third kappa shape index (κ3) is 4.56. The second kappa shape index (κ2) is 8.80. The van der Waals surface area contributed by atoms with E-state index < -0.39 is 0 Å². The number of pyridine rings is 1. The fraction of sp³-hybridized carbons (Fsp3) is 0.429. The number of carbonyl (C=O) groups is 1. The molecule has 0 radical (unpaired) electrons. The van der Waals surface area contributed by atoms with Crippen molar-refractivity contribution in [3.63, 3.8) is 0 Å². The minimum atomic E-state index is -0.0138. The molecule has 148 valence electrons. The molecule has 2 aromatic rings. The number of anilines is 1. The Kier molecular flexibility index (Phi) is 5.98. The molecule has 4 rings (SSSR count). The lowest BCUT2D eigenvalue weighted by atomic mass is 10.1. The maximum Gasteiger partial charge on any atom is 0.272 e. The van der Waals surface area contributed by atoms with Crippen molar-refractivity contribution in [3.05, 3.63) is 53.2 Å². The molecular formula is C21H24ClN3O3. The van der Waals surface area contributed by atoms with E-state index in [-0.39, 0.29) is 12.0 Å². The van der Waals surface area contributed by atoms with Crippen LogP contribution in [0.2, 0.25) is 5.02 Å². The zero-order valence-electron chi connectivity index (χ0n) is 15.7. The van der Waals surface area contributed by atoms with Gasteiger partial charge in [0.15, 0.2) is 0 Å². The number of morpholine rings is 1. The van der Waals surface area contributed by atoms with E-state index in [0.29, 0.717) is 37.0 Å². The van der Waals surface area contributed by atoms with E-state index in [1.807, 2.05) is 41.3 Å². The number of carbonyl (C=O) groups excluding carboxylic acids is 1. The normalized spacial score (nSPS) is 18.2. The minimum absolute atomic E-state index is 0.0138. The van der Waals surface area contributed by atoms with E-state index in [1.54, 1.807) is 6.07 Å². The summed E-state index contributed by atoms with van der Waals surface area (Å²) in [5.41, 5.74) is 0.501. The second-order valence-electron chi connectivity index (χ2n) is 7.04. The first-order chi connectivity index (χ1) is 13.7. The fourth-order valence-corrected chi connectivity index (χ4v) is 3.68. The Bertz CT molecular complexity index is 801. The summed E-state index contributed by atoms with van der Waals surface area (Å²) in [6, 6.07) is 13.0. The molecule has 0 aliphatic carbocycles. The number of ether oxygens (including phenoxy) is 2. The highest BCUT2D eigenvalue weighted by Gasteiger charge is 2.26. The van der Waals surface area contributed by atoms with Crippen LogP contribution in [0.5, 0.6) is 5.75 Å². The van der Waals surface area contributed by atoms with E-state index in [1.165, 1.54) is 0 Å². The van der Waals surface area contributed by atoms with Crippen LogP contribution in [0.15, 0.2) is 42.5 Å². The molecule has 0 saturated carbocycles. The van der Waals surface area contributed by atoms with Gasteiger partial charge in [-0.05, 0) is 36.4 Å². The molecule has 0 unspecified atom stereocenters. The van der Waals surface area contributed by atoms with Crippen molar-refractivity contribution in [1.29, 1.82) is 0 Å². The van der Waals surface area contributed by atoms with Crippen LogP contribution in [0, 0.1) is 0 Å². The van der Waals surface area contributed by atoms with Gasteiger partial charge in [0.25, 0.3) is 5.91 Å². The smallest absolute Gasteiger partial charge is 0.272 e. The Morgan fingerprint density at radius 1 is 1.04 bits per heavy atom. The van der Waals surface area contributed by atoms with Crippen molar-refractivity contribution in [2.45, 2.75) is 18.9 Å². The van der Waals surface area contributed by atoms with Gasteiger partial charge in [-0.15, -0.1) is 0 Å². The summed E-state index contributed by atoms with van der Waals surface area (Å²) in [5.74, 6) is 1.64. The van der Waals surface area contributed by atoms with Crippen LogP contribution in [0.25, 0.3) is 0 Å². The molecule has 2 saturated heterocycles. The maximum atomic E-state index is 12.9. The molecule has 1 aromatic carbocycles. The van der Waals surface area contributed by atoms with Crippen LogP contribution in [-0.4, -0.2) is 61.3 Å². The molecule has 0 atom stereocenters. The lowest BCUT2D eigenvalue weighted by Gasteiger charge is -2.32. The third-order valence-electron chi connectivity index (χ3n) is 5.13. The predicted molar refractivity (Wildman–Crippen MR) is 108 cm³/mol. The number of benzene rings is 1. The quantitative estimate of drug-likeness (QED) is 0.787. The summed E-state index contributed by atoms with van der Waals surface area (Å²) < 4.78 is 11.4. The molecule has 28 heavy (non-hydrogen) atoms. The number of piperidine rings is 1. The average Bonchev–Trinajstić information content (AvgIpc) is 2.76. The molecule has 7 heteroatoms. The van der Waals surface area contributed by atoms with Gasteiger partial charge in [0, 0.05) is 44.0 Å². The molecule has 0 bridgehead atoms. The van der Waals surface area contributed by atoms with Gasteiger partial charge < -0.3 is 19.3 Å². The van der Waals surface area contributed by atoms with Crippen molar-refractivity contribution < 1.29 is 14.3 Å². The first kappa shape index (κ1) is 19.0. The standard InChI is InChI=1S/C21H24ClN3O3/c22-16-4-6-17(7-5-16)28-18-8-10-25(11-9-18)21(26)19-2-1-3-20(23-19)24-12-14-27-15-13-24/h1-7,18H,8-15H2. The molecule has 2 aliphatic rings. The number of aromatic nitrogens is 1. The van der Waals surface area contributed by atoms with Crippen molar-refractivity contribution in [1.82, 2.24) is 9.88 Å². The summed E-state index contributed by atoms with van der Waals surface area (Å²) >= 11 is 5.91. The molecule has 1 aromatic heterocycles. The van der Waals surface area contributed by atoms with Crippen LogP contribution in [0.1, 0.15) is 23.3 Å². The van der Waals surface area contributed by atoms with Crippen LogP contribution in [-0.2, 0) is 4.74 Å². The number of nitrogens with zero attached hydrogens (tertiary/aromatic N) is 3. The van der Waals surface area contributed by atoms with Crippen molar-refractivity contribution in [2.24, 2.45) is 0 Å². The number of amides is 1. The summed E-state index contributed by atoms with van der Waals surface area (Å²) in [4.78, 5) is 21.5. The summed E-state index contributed by atoms with van der Waals surface area (Å²) in [6.07, 6.45) is 1.72. The Labute approximate surface area is 170 Å². The minimum Gasteiger partial charge on any atom is -0.490 e. The van der Waals surface area contributed by atoms with Gasteiger partial charge in [-0.2, -0.15) is 0 Å². The topological polar surface area (TPSA) is 54.9 Å². The van der Waals surface area contributed by atoms with Gasteiger partial charge in [0.2, 0.25) is 0 Å². The van der Waals surface area contributed by atoms with Crippen LogP contribution >= 0.6 is 11.6 Å². The van der Waals surface area contributed by atoms with E-state index >= 15 is 0 Å². The van der Waals surface area contributed by atoms with Crippen molar-refractivity contribution in [3.8, 4) is 5.75 Å². The fourth-order valence-electron chi connectivity index (χ4n) is 3.56. The molecule has 0 spiro atoms. The van der Waals surface area contributed by atoms with Crippen LogP contribution < -0.4 is 9.64 Å². The predicted octanol–water partition coefficient (Wildman–Crippen LogP) is 3.26. The van der Waals surface area contributed by atoms with Crippen molar-refractivity contribution >= 4 is 23.3 Å². The molecule has 6 nitrogen and oxygen atoms in total.